The SMILES string of the molecule is CN1CCN(Cc2cc([N+](=O)[O-])ccc2C(F)(F)C(F)(F)F)CC1.O=[N+]([O-])c1ccc(C(F)(F)C(F)(F)F)c(CBr)c1. The molecule has 1 saturated heterocycles. The van der Waals surface area contributed by atoms with Gasteiger partial charge in [0.1, 0.15) is 0 Å². The van der Waals surface area contributed by atoms with Gasteiger partial charge in [-0.15, -0.1) is 0 Å². The van der Waals surface area contributed by atoms with Crippen LogP contribution < -0.4 is 0 Å². The molecule has 0 aromatic heterocycles. The lowest BCUT2D eigenvalue weighted by molar-refractivity contribution is -0.385. The lowest BCUT2D eigenvalue weighted by Crippen LogP contribution is -2.44. The van der Waals surface area contributed by atoms with Crippen LogP contribution in [0.5, 0.6) is 0 Å². The molecule has 0 atom stereocenters. The van der Waals surface area contributed by atoms with Gasteiger partial charge >= 0.3 is 24.2 Å². The van der Waals surface area contributed by atoms with E-state index in [-0.39, 0.29) is 17.4 Å². The van der Waals surface area contributed by atoms with Crippen molar-refractivity contribution in [3.8, 4) is 0 Å². The van der Waals surface area contributed by atoms with Crippen molar-refractivity contribution in [2.75, 3.05) is 33.2 Å². The normalized spacial score (nSPS) is 15.6. The standard InChI is InChI=1S/C14H16F5N3O2.C9H5BrF5NO2/c1-20-4-6-21(7-5-20)9-10-8-11(22(23)24)2-3-12(10)13(15,16)14(17,18)19;10-4-5-3-6(16(17)18)1-2-7(5)8(11,12)9(13,14)15/h2-3,8H,4-7,9H2,1H3;1-3H,4H2. The van der Waals surface area contributed by atoms with Crippen molar-refractivity contribution in [3.05, 3.63) is 78.9 Å². The van der Waals surface area contributed by atoms with Crippen molar-refractivity contribution in [2.24, 2.45) is 0 Å². The molecular weight excluding hydrogens is 666 g/mol. The molecule has 0 amide bonds. The van der Waals surface area contributed by atoms with E-state index in [4.69, 9.17) is 0 Å². The van der Waals surface area contributed by atoms with E-state index in [1.54, 1.807) is 4.90 Å². The fraction of sp³-hybridized carbons (Fsp3) is 0.478. The molecular formula is C23H21BrF10N4O4. The number of nitro groups is 2. The van der Waals surface area contributed by atoms with Crippen molar-refractivity contribution in [3.63, 3.8) is 0 Å². The number of benzene rings is 2. The molecule has 1 fully saturated rings. The van der Waals surface area contributed by atoms with E-state index in [2.05, 4.69) is 15.9 Å². The van der Waals surface area contributed by atoms with E-state index in [9.17, 15) is 64.1 Å². The Balaban J connectivity index is 0.000000307. The van der Waals surface area contributed by atoms with Gasteiger partial charge < -0.3 is 4.90 Å². The summed E-state index contributed by atoms with van der Waals surface area (Å²) in [5, 5.41) is 20.9. The highest BCUT2D eigenvalue weighted by Gasteiger charge is 2.60. The number of hydrogen-bond acceptors (Lipinski definition) is 6. The topological polar surface area (TPSA) is 92.8 Å². The van der Waals surface area contributed by atoms with Gasteiger partial charge in [0.2, 0.25) is 0 Å². The number of alkyl halides is 11. The smallest absolute Gasteiger partial charge is 0.304 e. The maximum Gasteiger partial charge on any atom is 0.458 e. The Morgan fingerprint density at radius 1 is 0.714 bits per heavy atom. The van der Waals surface area contributed by atoms with Gasteiger partial charge in [-0.1, -0.05) is 15.9 Å². The first kappa shape index (κ1) is 35.1. The van der Waals surface area contributed by atoms with Gasteiger partial charge in [-0.2, -0.15) is 43.9 Å². The van der Waals surface area contributed by atoms with Crippen molar-refractivity contribution < 1.29 is 53.8 Å². The molecule has 1 aliphatic rings. The third kappa shape index (κ3) is 8.06. The summed E-state index contributed by atoms with van der Waals surface area (Å²) in [5.41, 5.74) is -4.45. The minimum Gasteiger partial charge on any atom is -0.304 e. The molecule has 0 N–H and O–H groups in total. The summed E-state index contributed by atoms with van der Waals surface area (Å²) >= 11 is 2.73. The Morgan fingerprint density at radius 3 is 1.45 bits per heavy atom. The summed E-state index contributed by atoms with van der Waals surface area (Å²) < 4.78 is 128. The number of likely N-dealkylation sites (N-methyl/N-ethyl adjacent to an activating group) is 1. The number of nitrogens with zero attached hydrogens (tertiary/aromatic N) is 4. The zero-order chi connectivity index (χ0) is 32.3. The van der Waals surface area contributed by atoms with Crippen LogP contribution in [0, 0.1) is 20.2 Å². The molecule has 8 nitrogen and oxygen atoms in total. The minimum absolute atomic E-state index is 0.198. The summed E-state index contributed by atoms with van der Waals surface area (Å²) in [6, 6.07) is 3.68. The Labute approximate surface area is 239 Å². The molecule has 1 aliphatic heterocycles. The first-order valence-corrected chi connectivity index (χ1v) is 12.7. The van der Waals surface area contributed by atoms with Crippen LogP contribution in [0.25, 0.3) is 0 Å². The van der Waals surface area contributed by atoms with E-state index in [0.29, 0.717) is 56.5 Å². The van der Waals surface area contributed by atoms with Gasteiger partial charge in [-0.3, -0.25) is 25.1 Å². The number of nitro benzene ring substituents is 2. The average Bonchev–Trinajstić information content (AvgIpc) is 2.88. The van der Waals surface area contributed by atoms with Crippen LogP contribution in [-0.4, -0.2) is 65.2 Å². The molecule has 0 aliphatic carbocycles. The minimum atomic E-state index is -5.76. The quantitative estimate of drug-likeness (QED) is 0.133. The van der Waals surface area contributed by atoms with Gasteiger partial charge in [0.15, 0.2) is 0 Å². The van der Waals surface area contributed by atoms with Crippen LogP contribution in [0.2, 0.25) is 0 Å². The van der Waals surface area contributed by atoms with Gasteiger partial charge in [0.05, 0.1) is 9.85 Å². The monoisotopic (exact) mass is 686 g/mol. The van der Waals surface area contributed by atoms with Gasteiger partial charge in [-0.05, 0) is 30.3 Å². The van der Waals surface area contributed by atoms with E-state index < -0.39 is 62.1 Å². The van der Waals surface area contributed by atoms with Gasteiger partial charge in [0, 0.05) is 73.4 Å². The van der Waals surface area contributed by atoms with E-state index in [1.807, 2.05) is 11.9 Å². The number of non-ortho nitro benzene ring substituents is 2. The average molecular weight is 687 g/mol. The van der Waals surface area contributed by atoms with Crippen molar-refractivity contribution in [1.82, 2.24) is 9.80 Å². The summed E-state index contributed by atoms with van der Waals surface area (Å²) in [7, 11) is 1.87. The fourth-order valence-corrected chi connectivity index (χ4v) is 4.26. The Morgan fingerprint density at radius 2 is 1.10 bits per heavy atom. The summed E-state index contributed by atoms with van der Waals surface area (Å²) in [5.74, 6) is -10.1. The zero-order valence-electron chi connectivity index (χ0n) is 21.3. The maximum atomic E-state index is 13.8. The van der Waals surface area contributed by atoms with Crippen molar-refractivity contribution >= 4 is 27.3 Å². The van der Waals surface area contributed by atoms with Crippen LogP contribution in [0.3, 0.4) is 0 Å². The molecule has 0 spiro atoms. The van der Waals surface area contributed by atoms with Gasteiger partial charge in [-0.25, -0.2) is 0 Å². The second-order valence-corrected chi connectivity index (χ2v) is 9.62. The Bertz CT molecular complexity index is 1280. The number of halogens is 11. The van der Waals surface area contributed by atoms with Crippen molar-refractivity contribution in [2.45, 2.75) is 36.1 Å². The molecule has 3 rings (SSSR count). The molecule has 0 unspecified atom stereocenters. The molecule has 1 heterocycles. The first-order chi connectivity index (χ1) is 19.1. The predicted octanol–water partition coefficient (Wildman–Crippen LogP) is 7.14. The molecule has 2 aromatic carbocycles. The van der Waals surface area contributed by atoms with E-state index in [1.165, 1.54) is 0 Å². The second-order valence-electron chi connectivity index (χ2n) is 9.05. The molecule has 19 heteroatoms. The largest absolute Gasteiger partial charge is 0.458 e. The first-order valence-electron chi connectivity index (χ1n) is 11.5. The lowest BCUT2D eigenvalue weighted by Gasteiger charge is -2.33. The second kappa shape index (κ2) is 13.1. The molecule has 2 aromatic rings. The van der Waals surface area contributed by atoms with Crippen LogP contribution >= 0.6 is 15.9 Å². The van der Waals surface area contributed by atoms with Gasteiger partial charge in [0.25, 0.3) is 11.4 Å². The molecule has 0 radical (unpaired) electrons. The third-order valence-electron chi connectivity index (χ3n) is 6.12. The van der Waals surface area contributed by atoms with E-state index >= 15 is 0 Å². The van der Waals surface area contributed by atoms with Crippen LogP contribution in [-0.2, 0) is 23.7 Å². The Hall–Kier alpha value is -3.06. The van der Waals surface area contributed by atoms with Crippen LogP contribution in [0.1, 0.15) is 22.3 Å². The molecule has 42 heavy (non-hydrogen) atoms. The van der Waals surface area contributed by atoms with Crippen LogP contribution in [0.4, 0.5) is 55.3 Å². The van der Waals surface area contributed by atoms with Crippen LogP contribution in [0.15, 0.2) is 36.4 Å². The Kier molecular flexibility index (Phi) is 10.9. The molecule has 0 saturated carbocycles. The summed E-state index contributed by atoms with van der Waals surface area (Å²) in [6.45, 7) is 2.04. The highest BCUT2D eigenvalue weighted by Crippen LogP contribution is 2.47. The molecule has 234 valence electrons. The van der Waals surface area contributed by atoms with E-state index in [0.717, 1.165) is 6.07 Å². The van der Waals surface area contributed by atoms with Crippen molar-refractivity contribution in [1.29, 1.82) is 0 Å². The lowest BCUT2D eigenvalue weighted by atomic mass is 9.99. The zero-order valence-corrected chi connectivity index (χ0v) is 22.9. The fourth-order valence-electron chi connectivity index (χ4n) is 3.79. The number of hydrogen-bond donors (Lipinski definition) is 0. The summed E-state index contributed by atoms with van der Waals surface area (Å²) in [6.07, 6.45) is -11.5. The third-order valence-corrected chi connectivity index (χ3v) is 6.73. The highest BCUT2D eigenvalue weighted by molar-refractivity contribution is 9.08. The maximum absolute atomic E-state index is 13.8. The summed E-state index contributed by atoms with van der Waals surface area (Å²) in [4.78, 5) is 23.2. The predicted molar refractivity (Wildman–Crippen MR) is 131 cm³/mol. The number of piperazine rings is 1. The molecule has 0 bridgehead atoms. The highest BCUT2D eigenvalue weighted by atomic mass is 79.9. The number of rotatable bonds is 7.